The molecular formula is C22H45NO. The number of nitrogens with two attached hydrogens (primary N) is 1. The van der Waals surface area contributed by atoms with Crippen LogP contribution in [0.3, 0.4) is 0 Å². The van der Waals surface area contributed by atoms with E-state index in [9.17, 15) is 5.11 Å². The summed E-state index contributed by atoms with van der Waals surface area (Å²) in [5, 5.41) is 10.00. The molecule has 0 aliphatic rings. The predicted octanol–water partition coefficient (Wildman–Crippen LogP) is 6.37. The molecule has 0 radical (unpaired) electrons. The first-order valence-electron chi connectivity index (χ1n) is 10.7. The lowest BCUT2D eigenvalue weighted by atomic mass is 10.00. The lowest BCUT2D eigenvalue weighted by Crippen LogP contribution is -2.33. The molecule has 0 unspecified atom stereocenters. The standard InChI is InChI=1S/C22H45NO/c1-4-5-6-7-8-9-10-11-12-13-14-15-16-17-22(24)21(23)19-18-20(2)3/h16-17,20-22,24H,4-15,18-19,23H2,1-3H3/b17-16+/t21-,22+/m0/s1. The summed E-state index contributed by atoms with van der Waals surface area (Å²) in [7, 11) is 0. The number of aliphatic hydroxyl groups is 1. The van der Waals surface area contributed by atoms with E-state index in [1.807, 2.05) is 6.08 Å². The van der Waals surface area contributed by atoms with Gasteiger partial charge in [0, 0.05) is 6.04 Å². The minimum Gasteiger partial charge on any atom is -0.387 e. The lowest BCUT2D eigenvalue weighted by molar-refractivity contribution is 0.182. The van der Waals surface area contributed by atoms with Crippen molar-refractivity contribution in [1.29, 1.82) is 0 Å². The molecule has 0 spiro atoms. The maximum absolute atomic E-state index is 10.00. The van der Waals surface area contributed by atoms with Crippen molar-refractivity contribution < 1.29 is 5.11 Å². The number of allylic oxidation sites excluding steroid dienone is 1. The number of hydrogen-bond donors (Lipinski definition) is 2. The Morgan fingerprint density at radius 2 is 1.29 bits per heavy atom. The second kappa shape index (κ2) is 17.5. The first kappa shape index (κ1) is 23.7. The first-order valence-corrected chi connectivity index (χ1v) is 10.7. The van der Waals surface area contributed by atoms with E-state index < -0.39 is 6.10 Å². The maximum Gasteiger partial charge on any atom is 0.0871 e. The third-order valence-corrected chi connectivity index (χ3v) is 4.82. The molecule has 0 aromatic rings. The average Bonchev–Trinajstić information content (AvgIpc) is 2.56. The molecule has 2 nitrogen and oxygen atoms in total. The van der Waals surface area contributed by atoms with Crippen LogP contribution in [0.1, 0.15) is 111 Å². The molecule has 0 heterocycles. The van der Waals surface area contributed by atoms with Crippen LogP contribution in [0.2, 0.25) is 0 Å². The summed E-state index contributed by atoms with van der Waals surface area (Å²) in [6.45, 7) is 6.67. The van der Waals surface area contributed by atoms with Gasteiger partial charge in [0.25, 0.3) is 0 Å². The summed E-state index contributed by atoms with van der Waals surface area (Å²) >= 11 is 0. The van der Waals surface area contributed by atoms with Crippen LogP contribution in [-0.2, 0) is 0 Å². The quantitative estimate of drug-likeness (QED) is 0.239. The SMILES string of the molecule is CCCCCCCCCCCCC/C=C/[C@@H](O)[C@@H](N)CCC(C)C. The minimum atomic E-state index is -0.476. The van der Waals surface area contributed by atoms with Gasteiger partial charge in [-0.25, -0.2) is 0 Å². The Bertz CT molecular complexity index is 275. The Hall–Kier alpha value is -0.340. The van der Waals surface area contributed by atoms with Crippen molar-refractivity contribution in [3.05, 3.63) is 12.2 Å². The highest BCUT2D eigenvalue weighted by Crippen LogP contribution is 2.12. The average molecular weight is 340 g/mol. The number of unbranched alkanes of at least 4 members (excludes halogenated alkanes) is 11. The van der Waals surface area contributed by atoms with Crippen LogP contribution in [0, 0.1) is 5.92 Å². The molecule has 0 aliphatic carbocycles. The van der Waals surface area contributed by atoms with E-state index in [0.717, 1.165) is 19.3 Å². The van der Waals surface area contributed by atoms with Crippen molar-refractivity contribution in [3.63, 3.8) is 0 Å². The highest BCUT2D eigenvalue weighted by Gasteiger charge is 2.11. The monoisotopic (exact) mass is 339 g/mol. The fourth-order valence-electron chi connectivity index (χ4n) is 3.00. The largest absolute Gasteiger partial charge is 0.387 e. The Labute approximate surface area is 152 Å². The lowest BCUT2D eigenvalue weighted by Gasteiger charge is -2.16. The Morgan fingerprint density at radius 1 is 0.792 bits per heavy atom. The highest BCUT2D eigenvalue weighted by molar-refractivity contribution is 4.93. The van der Waals surface area contributed by atoms with Crippen molar-refractivity contribution in [1.82, 2.24) is 0 Å². The van der Waals surface area contributed by atoms with Crippen LogP contribution in [0.15, 0.2) is 12.2 Å². The van der Waals surface area contributed by atoms with Gasteiger partial charge in [-0.1, -0.05) is 97.1 Å². The van der Waals surface area contributed by atoms with E-state index in [-0.39, 0.29) is 6.04 Å². The van der Waals surface area contributed by atoms with Crippen LogP contribution in [0.4, 0.5) is 0 Å². The molecule has 0 aromatic heterocycles. The van der Waals surface area contributed by atoms with Crippen LogP contribution in [-0.4, -0.2) is 17.3 Å². The molecule has 0 rings (SSSR count). The van der Waals surface area contributed by atoms with Gasteiger partial charge in [0.1, 0.15) is 0 Å². The molecule has 24 heavy (non-hydrogen) atoms. The Morgan fingerprint density at radius 3 is 1.79 bits per heavy atom. The van der Waals surface area contributed by atoms with Gasteiger partial charge in [-0.05, 0) is 31.6 Å². The fraction of sp³-hybridized carbons (Fsp3) is 0.909. The molecule has 144 valence electrons. The topological polar surface area (TPSA) is 46.2 Å². The van der Waals surface area contributed by atoms with Gasteiger partial charge in [0.15, 0.2) is 0 Å². The zero-order valence-corrected chi connectivity index (χ0v) is 16.8. The number of hydrogen-bond acceptors (Lipinski definition) is 2. The second-order valence-electron chi connectivity index (χ2n) is 7.88. The maximum atomic E-state index is 10.00. The van der Waals surface area contributed by atoms with Gasteiger partial charge in [-0.15, -0.1) is 0 Å². The molecule has 3 N–H and O–H groups in total. The smallest absolute Gasteiger partial charge is 0.0871 e. The van der Waals surface area contributed by atoms with Gasteiger partial charge in [-0.3, -0.25) is 0 Å². The normalized spacial score (nSPS) is 14.6. The number of rotatable bonds is 17. The van der Waals surface area contributed by atoms with E-state index >= 15 is 0 Å². The molecule has 0 saturated carbocycles. The van der Waals surface area contributed by atoms with Gasteiger partial charge in [0.05, 0.1) is 6.10 Å². The summed E-state index contributed by atoms with van der Waals surface area (Å²) < 4.78 is 0. The molecule has 0 amide bonds. The van der Waals surface area contributed by atoms with Gasteiger partial charge >= 0.3 is 0 Å². The molecule has 2 heteroatoms. The zero-order chi connectivity index (χ0) is 18.0. The van der Waals surface area contributed by atoms with Crippen molar-refractivity contribution in [2.75, 3.05) is 0 Å². The molecule has 0 bridgehead atoms. The number of aliphatic hydroxyl groups excluding tert-OH is 1. The molecule has 2 atom stereocenters. The van der Waals surface area contributed by atoms with E-state index in [4.69, 9.17) is 5.73 Å². The van der Waals surface area contributed by atoms with Gasteiger partial charge < -0.3 is 10.8 Å². The van der Waals surface area contributed by atoms with Crippen molar-refractivity contribution >= 4 is 0 Å². The second-order valence-corrected chi connectivity index (χ2v) is 7.88. The molecule has 0 aromatic carbocycles. The summed E-state index contributed by atoms with van der Waals surface area (Å²) in [5.74, 6) is 0.656. The van der Waals surface area contributed by atoms with E-state index in [2.05, 4.69) is 26.8 Å². The Kier molecular flexibility index (Phi) is 17.2. The van der Waals surface area contributed by atoms with Crippen molar-refractivity contribution in [3.8, 4) is 0 Å². The molecule has 0 fully saturated rings. The Balaban J connectivity index is 3.36. The van der Waals surface area contributed by atoms with E-state index in [1.165, 1.54) is 70.6 Å². The third-order valence-electron chi connectivity index (χ3n) is 4.82. The van der Waals surface area contributed by atoms with Crippen molar-refractivity contribution in [2.45, 2.75) is 123 Å². The van der Waals surface area contributed by atoms with Crippen LogP contribution in [0.5, 0.6) is 0 Å². The summed E-state index contributed by atoms with van der Waals surface area (Å²) in [6.07, 6.45) is 21.8. The summed E-state index contributed by atoms with van der Waals surface area (Å²) in [5.41, 5.74) is 6.01. The molecular weight excluding hydrogens is 294 g/mol. The minimum absolute atomic E-state index is 0.110. The van der Waals surface area contributed by atoms with Crippen LogP contribution in [0.25, 0.3) is 0 Å². The van der Waals surface area contributed by atoms with Gasteiger partial charge in [0.2, 0.25) is 0 Å². The highest BCUT2D eigenvalue weighted by atomic mass is 16.3. The van der Waals surface area contributed by atoms with E-state index in [1.54, 1.807) is 0 Å². The predicted molar refractivity (Wildman–Crippen MR) is 108 cm³/mol. The third kappa shape index (κ3) is 16.5. The fourth-order valence-corrected chi connectivity index (χ4v) is 3.00. The van der Waals surface area contributed by atoms with Crippen molar-refractivity contribution in [2.24, 2.45) is 11.7 Å². The van der Waals surface area contributed by atoms with Crippen LogP contribution >= 0.6 is 0 Å². The molecule has 0 aliphatic heterocycles. The molecule has 0 saturated heterocycles. The summed E-state index contributed by atoms with van der Waals surface area (Å²) in [4.78, 5) is 0. The van der Waals surface area contributed by atoms with Gasteiger partial charge in [-0.2, -0.15) is 0 Å². The summed E-state index contributed by atoms with van der Waals surface area (Å²) in [6, 6.07) is -0.110. The van der Waals surface area contributed by atoms with Crippen LogP contribution < -0.4 is 5.73 Å². The first-order chi connectivity index (χ1) is 11.6. The van der Waals surface area contributed by atoms with E-state index in [0.29, 0.717) is 5.92 Å². The zero-order valence-electron chi connectivity index (χ0n) is 16.8.